The average molecular weight is 1440 g/mol. The van der Waals surface area contributed by atoms with Gasteiger partial charge in [0.2, 0.25) is 76.8 Å². The van der Waals surface area contributed by atoms with Crippen LogP contribution in [0, 0.1) is 0 Å². The molecule has 2 rings (SSSR count). The molecule has 0 bridgehead atoms. The normalized spacial score (nSPS) is 14.6. The van der Waals surface area contributed by atoms with Gasteiger partial charge in [-0.1, -0.05) is 18.2 Å². The zero-order valence-corrected chi connectivity index (χ0v) is 55.7. The van der Waals surface area contributed by atoms with Crippen molar-refractivity contribution in [2.24, 2.45) is 55.9 Å². The number of unbranched alkanes of at least 4 members (excludes halogenated alkanes) is 1. The highest BCUT2D eigenvalue weighted by Gasteiger charge is 2.37. The fraction of sp³-hybridized carbons (Fsp3) is 0.554. The second kappa shape index (κ2) is 43.9. The van der Waals surface area contributed by atoms with Crippen molar-refractivity contribution in [3.63, 3.8) is 0 Å². The van der Waals surface area contributed by atoms with Crippen LogP contribution >= 0.6 is 25.3 Å². The SMILES string of the molecule is C[C@H](NC(=O)[C@H](CCCCN)NC(=O)[C@H](CC(N)=O)NC(=O)[C@H](Cc1c[nH]c2ccccc12)NC(=O)[C@H](CO)NC(=O)[C@H](CCCN=C(N)N)NC(=O)[C@@H](N)CS)C(=O)N[C@@H](CC(=O)O)C(=O)N[C@@H](CC(N)=O)C(=O)N[C@@H](CCCN=C(N)N)C(=O)N[C@@H](CO)C(=O)N[C@@H](CS)C(=O)O. The summed E-state index contributed by atoms with van der Waals surface area (Å²) in [6.07, 6.45) is -2.26. The summed E-state index contributed by atoms with van der Waals surface area (Å²) < 4.78 is 0. The highest BCUT2D eigenvalue weighted by molar-refractivity contribution is 7.80. The number of nitrogens with one attached hydrogen (secondary N) is 12. The van der Waals surface area contributed by atoms with Gasteiger partial charge in [0.15, 0.2) is 11.9 Å². The molecule has 1 aromatic heterocycles. The summed E-state index contributed by atoms with van der Waals surface area (Å²) in [5, 5.41) is 65.1. The predicted molar refractivity (Wildman–Crippen MR) is 359 cm³/mol. The number of para-hydroxylation sites is 1. The van der Waals surface area contributed by atoms with Crippen molar-refractivity contribution >= 4 is 137 Å². The first-order valence-corrected chi connectivity index (χ1v) is 31.9. The number of benzene rings is 1. The number of carboxylic acids is 2. The Morgan fingerprint density at radius 1 is 0.465 bits per heavy atom. The first-order chi connectivity index (χ1) is 46.7. The zero-order chi connectivity index (χ0) is 74.6. The number of aliphatic hydroxyl groups excluding tert-OH is 2. The molecule has 0 aliphatic carbocycles. The third-order valence-corrected chi connectivity index (χ3v) is 15.0. The van der Waals surface area contributed by atoms with Crippen LogP contribution in [0.5, 0.6) is 0 Å². The molecule has 0 radical (unpaired) electrons. The number of aliphatic carboxylic acids is 2. The number of rotatable bonds is 47. The van der Waals surface area contributed by atoms with Crippen molar-refractivity contribution < 1.29 is 92.3 Å². The molecule has 99 heavy (non-hydrogen) atoms. The number of H-pyrrole nitrogens is 1. The Bertz CT molecular complexity index is 3220. The average Bonchev–Trinajstić information content (AvgIpc) is 1.72. The highest BCUT2D eigenvalue weighted by atomic mass is 32.1. The molecule has 1 heterocycles. The lowest BCUT2D eigenvalue weighted by atomic mass is 10.0. The van der Waals surface area contributed by atoms with Crippen LogP contribution in [0.4, 0.5) is 0 Å². The minimum absolute atomic E-state index is 0.0220. The van der Waals surface area contributed by atoms with Crippen molar-refractivity contribution in [1.82, 2.24) is 63.5 Å². The topological polar surface area (TPSA) is 718 Å². The van der Waals surface area contributed by atoms with Gasteiger partial charge in [-0.15, -0.1) is 0 Å². The summed E-state index contributed by atoms with van der Waals surface area (Å²) in [5.74, 6) is -19.6. The Kier molecular flexibility index (Phi) is 37.7. The molecule has 0 saturated carbocycles. The molecular formula is C56H90N22O19S2. The summed E-state index contributed by atoms with van der Waals surface area (Å²) in [5.41, 5.74) is 45.0. The van der Waals surface area contributed by atoms with Crippen LogP contribution < -0.4 is 104 Å². The maximum atomic E-state index is 14.5. The van der Waals surface area contributed by atoms with Gasteiger partial charge in [-0.2, -0.15) is 25.3 Å². The van der Waals surface area contributed by atoms with E-state index < -0.39 is 199 Å². The third-order valence-electron chi connectivity index (χ3n) is 14.3. The van der Waals surface area contributed by atoms with Gasteiger partial charge in [-0.25, -0.2) is 4.79 Å². The number of aromatic nitrogens is 1. The Morgan fingerprint density at radius 2 is 0.838 bits per heavy atom. The van der Waals surface area contributed by atoms with Gasteiger partial charge in [0.05, 0.1) is 38.5 Å². The van der Waals surface area contributed by atoms with Gasteiger partial charge in [-0.3, -0.25) is 77.1 Å². The fourth-order valence-corrected chi connectivity index (χ4v) is 9.44. The number of carboxylic acid groups (broad SMARTS) is 2. The summed E-state index contributed by atoms with van der Waals surface area (Å²) in [4.78, 5) is 211. The first kappa shape index (κ1) is 85.0. The molecule has 1 aromatic carbocycles. The number of hydrogen-bond acceptors (Lipinski definition) is 23. The highest BCUT2D eigenvalue weighted by Crippen LogP contribution is 2.20. The lowest BCUT2D eigenvalue weighted by Gasteiger charge is -2.27. The molecule has 13 amide bonds. The molecule has 0 fully saturated rings. The van der Waals surface area contributed by atoms with E-state index in [4.69, 9.17) is 45.9 Å². The zero-order valence-electron chi connectivity index (χ0n) is 53.9. The minimum atomic E-state index is -2.11. The Labute approximate surface area is 576 Å². The van der Waals surface area contributed by atoms with E-state index in [9.17, 15) is 92.3 Å². The van der Waals surface area contributed by atoms with E-state index in [0.29, 0.717) is 16.5 Å². The van der Waals surface area contributed by atoms with E-state index >= 15 is 0 Å². The Morgan fingerprint density at radius 3 is 1.26 bits per heavy atom. The van der Waals surface area contributed by atoms with Crippen LogP contribution in [0.25, 0.3) is 10.9 Å². The van der Waals surface area contributed by atoms with Crippen LogP contribution in [0.1, 0.15) is 76.7 Å². The van der Waals surface area contributed by atoms with Gasteiger partial charge in [0, 0.05) is 48.1 Å². The lowest BCUT2D eigenvalue weighted by molar-refractivity contribution is -0.142. The van der Waals surface area contributed by atoms with Crippen molar-refractivity contribution in [1.29, 1.82) is 0 Å². The van der Waals surface area contributed by atoms with Crippen molar-refractivity contribution in [2.75, 3.05) is 44.4 Å². The first-order valence-electron chi connectivity index (χ1n) is 30.6. The molecule has 550 valence electrons. The van der Waals surface area contributed by atoms with Gasteiger partial charge in [0.25, 0.3) is 0 Å². The van der Waals surface area contributed by atoms with Crippen LogP contribution in [-0.2, 0) is 78.3 Å². The maximum absolute atomic E-state index is 14.5. The maximum Gasteiger partial charge on any atom is 0.327 e. The van der Waals surface area contributed by atoms with E-state index in [1.807, 2.05) is 0 Å². The van der Waals surface area contributed by atoms with Crippen molar-refractivity contribution in [3.8, 4) is 0 Å². The molecule has 0 aliphatic rings. The fourth-order valence-electron chi connectivity index (χ4n) is 9.03. The number of thiol groups is 2. The number of nitrogens with two attached hydrogens (primary N) is 8. The standard InChI is InChI=1S/C56H90N22O19S2/c1-25(43(85)72-36(19-42(83)84)51(93)75-35(18-41(60)82)50(92)71-32(12-7-15-66-56(63)64)47(89)77-38(22-80)53(95)78-39(24-99)54(96)97)68-45(87)30(10-4-5-13-57)70-49(91)34(17-40(59)81)74-48(90)33(16-26-20-67-29-9-3-2-8-27(26)29)73-52(94)37(21-79)76-46(88)31(11-6-14-65-55(61)62)69-44(86)28(58)23-98/h2-3,8-9,20,25,28,30-39,67,79-80,98-99H,4-7,10-19,21-24,57-58H2,1H3,(H2,59,81)(H2,60,82)(H,68,87)(H,69,86)(H,70,91)(H,71,92)(H,72,85)(H,73,94)(H,74,90)(H,75,93)(H,76,88)(H,77,89)(H,78,95)(H,83,84)(H,96,97)(H4,61,62,65)(H4,63,64,66)/t25-,28-,30-,31-,32-,33-,34-,35-,36-,37-,38-,39-/m0/s1. The smallest absolute Gasteiger partial charge is 0.327 e. The molecule has 2 aromatic rings. The van der Waals surface area contributed by atoms with E-state index in [0.717, 1.165) is 6.92 Å². The van der Waals surface area contributed by atoms with E-state index in [1.54, 1.807) is 24.3 Å². The number of nitrogens with zero attached hydrogens (tertiary/aromatic N) is 2. The van der Waals surface area contributed by atoms with E-state index in [-0.39, 0.29) is 88.7 Å². The molecule has 0 saturated heterocycles. The third kappa shape index (κ3) is 30.9. The van der Waals surface area contributed by atoms with Gasteiger partial charge >= 0.3 is 11.9 Å². The van der Waals surface area contributed by atoms with Crippen LogP contribution in [0.3, 0.4) is 0 Å². The number of aliphatic hydroxyl groups is 2. The van der Waals surface area contributed by atoms with Crippen LogP contribution in [0.15, 0.2) is 40.4 Å². The van der Waals surface area contributed by atoms with Crippen LogP contribution in [0.2, 0.25) is 0 Å². The Hall–Kier alpha value is -10.1. The molecule has 0 unspecified atom stereocenters. The number of carbonyl (C=O) groups is 15. The van der Waals surface area contributed by atoms with Crippen molar-refractivity contribution in [2.45, 2.75) is 150 Å². The second-order valence-corrected chi connectivity index (χ2v) is 22.9. The summed E-state index contributed by atoms with van der Waals surface area (Å²) >= 11 is 7.86. The van der Waals surface area contributed by atoms with Crippen LogP contribution in [-0.4, -0.2) is 243 Å². The second-order valence-electron chi connectivity index (χ2n) is 22.2. The van der Waals surface area contributed by atoms with Gasteiger partial charge in [-0.05, 0) is 70.0 Å². The number of carbonyl (C=O) groups excluding carboxylic acids is 13. The molecular weight excluding hydrogens is 1350 g/mol. The quantitative estimate of drug-likeness (QED) is 0.0127. The molecule has 41 nitrogen and oxygen atoms in total. The number of hydrogen-bond donors (Lipinski definition) is 26. The summed E-state index contributed by atoms with van der Waals surface area (Å²) in [6, 6.07) is -13.8. The van der Waals surface area contributed by atoms with E-state index in [2.05, 4.69) is 98.7 Å². The summed E-state index contributed by atoms with van der Waals surface area (Å²) in [6.45, 7) is -1.13. The molecule has 32 N–H and O–H groups in total. The van der Waals surface area contributed by atoms with E-state index in [1.165, 1.54) is 6.20 Å². The summed E-state index contributed by atoms with van der Waals surface area (Å²) in [7, 11) is 0. The number of primary amides is 2. The number of aliphatic imine (C=N–C) groups is 2. The van der Waals surface area contributed by atoms with Gasteiger partial charge < -0.3 is 130 Å². The largest absolute Gasteiger partial charge is 0.481 e. The molecule has 43 heteroatoms. The number of fused-ring (bicyclic) bond motifs is 1. The predicted octanol–water partition coefficient (Wildman–Crippen LogP) is -11.2. The number of amides is 13. The number of aromatic amines is 1. The van der Waals surface area contributed by atoms with Gasteiger partial charge in [0.1, 0.15) is 66.5 Å². The van der Waals surface area contributed by atoms with Crippen molar-refractivity contribution in [3.05, 3.63) is 36.0 Å². The minimum Gasteiger partial charge on any atom is -0.481 e. The molecule has 0 spiro atoms. The number of guanidine groups is 2. The monoisotopic (exact) mass is 1440 g/mol. The molecule has 0 aliphatic heterocycles. The molecule has 12 atom stereocenters. The Balaban J connectivity index is 2.47. The lowest BCUT2D eigenvalue weighted by Crippen LogP contribution is -2.61.